The molecule has 2 rings (SSSR count). The number of fused-ring (bicyclic) bond motifs is 1. The molecule has 0 spiro atoms. The predicted molar refractivity (Wildman–Crippen MR) is 71.6 cm³/mol. The Morgan fingerprint density at radius 2 is 1.89 bits per heavy atom. The highest BCUT2D eigenvalue weighted by Gasteiger charge is 2.44. The molecule has 18 heavy (non-hydrogen) atoms. The zero-order valence-corrected chi connectivity index (χ0v) is 11.6. The Labute approximate surface area is 107 Å². The second-order valence-corrected chi connectivity index (χ2v) is 5.39. The lowest BCUT2D eigenvalue weighted by atomic mass is 9.85. The third kappa shape index (κ3) is 1.84. The van der Waals surface area contributed by atoms with Crippen LogP contribution in [-0.4, -0.2) is 17.8 Å². The van der Waals surface area contributed by atoms with Gasteiger partial charge in [0, 0.05) is 12.5 Å². The molecule has 1 aromatic carbocycles. The van der Waals surface area contributed by atoms with Crippen molar-refractivity contribution in [2.45, 2.75) is 38.9 Å². The third-order valence-electron chi connectivity index (χ3n) is 3.90. The van der Waals surface area contributed by atoms with Gasteiger partial charge in [-0.3, -0.25) is 0 Å². The first-order chi connectivity index (χ1) is 8.29. The van der Waals surface area contributed by atoms with Crippen molar-refractivity contribution in [3.8, 4) is 0 Å². The molecule has 1 N–H and O–H groups in total. The van der Waals surface area contributed by atoms with Crippen LogP contribution in [0.4, 0.5) is 0 Å². The molecule has 0 aliphatic rings. The first kappa shape index (κ1) is 13.1. The number of aliphatic hydroxyl groups is 1. The van der Waals surface area contributed by atoms with Crippen molar-refractivity contribution in [2.24, 2.45) is 0 Å². The first-order valence-electron chi connectivity index (χ1n) is 6.07. The summed E-state index contributed by atoms with van der Waals surface area (Å²) in [6.45, 7) is 7.38. The molecule has 1 unspecified atom stereocenters. The molecular weight excluding hydrogens is 228 g/mol. The Balaban J connectivity index is 2.58. The third-order valence-corrected chi connectivity index (χ3v) is 3.90. The summed E-state index contributed by atoms with van der Waals surface area (Å²) >= 11 is 0. The minimum atomic E-state index is -1.19. The van der Waals surface area contributed by atoms with Crippen molar-refractivity contribution in [3.05, 3.63) is 35.6 Å². The summed E-state index contributed by atoms with van der Waals surface area (Å²) < 4.78 is 11.2. The largest absolute Gasteiger partial charge is 0.458 e. The van der Waals surface area contributed by atoms with Gasteiger partial charge in [-0.25, -0.2) is 0 Å². The standard InChI is InChI=1S/C15H20O3/c1-10-7-6-8-11-9-12(18-13(10)11)15(4,16)14(2,3)17-5/h6-9,16H,1-5H3. The molecule has 1 aromatic heterocycles. The van der Waals surface area contributed by atoms with Gasteiger partial charge in [-0.15, -0.1) is 0 Å². The van der Waals surface area contributed by atoms with Gasteiger partial charge >= 0.3 is 0 Å². The number of furan rings is 1. The van der Waals surface area contributed by atoms with Gasteiger partial charge in [0.2, 0.25) is 0 Å². The first-order valence-corrected chi connectivity index (χ1v) is 6.07. The lowest BCUT2D eigenvalue weighted by Crippen LogP contribution is -2.46. The van der Waals surface area contributed by atoms with E-state index in [0.29, 0.717) is 5.76 Å². The average molecular weight is 248 g/mol. The number of para-hydroxylation sites is 1. The smallest absolute Gasteiger partial charge is 0.147 e. The topological polar surface area (TPSA) is 42.6 Å². The van der Waals surface area contributed by atoms with Crippen molar-refractivity contribution in [1.29, 1.82) is 0 Å². The Kier molecular flexibility index (Phi) is 2.99. The minimum Gasteiger partial charge on any atom is -0.458 e. The van der Waals surface area contributed by atoms with Crippen LogP contribution in [0, 0.1) is 6.92 Å². The van der Waals surface area contributed by atoms with Crippen molar-refractivity contribution in [2.75, 3.05) is 7.11 Å². The van der Waals surface area contributed by atoms with Crippen molar-refractivity contribution in [3.63, 3.8) is 0 Å². The SMILES string of the molecule is COC(C)(C)C(C)(O)c1cc2cccc(C)c2o1. The summed E-state index contributed by atoms with van der Waals surface area (Å²) in [4.78, 5) is 0. The fraction of sp³-hybridized carbons (Fsp3) is 0.467. The summed E-state index contributed by atoms with van der Waals surface area (Å²) in [6.07, 6.45) is 0. The van der Waals surface area contributed by atoms with Crippen LogP contribution in [0.1, 0.15) is 32.1 Å². The molecule has 1 heterocycles. The van der Waals surface area contributed by atoms with Crippen LogP contribution < -0.4 is 0 Å². The number of methoxy groups -OCH3 is 1. The van der Waals surface area contributed by atoms with Gasteiger partial charge in [-0.2, -0.15) is 0 Å². The molecule has 0 fully saturated rings. The Morgan fingerprint density at radius 1 is 1.22 bits per heavy atom. The summed E-state index contributed by atoms with van der Waals surface area (Å²) in [6, 6.07) is 7.83. The molecular formula is C15H20O3. The fourth-order valence-corrected chi connectivity index (χ4v) is 1.94. The van der Waals surface area contributed by atoms with Crippen LogP contribution in [0.25, 0.3) is 11.0 Å². The maximum absolute atomic E-state index is 10.7. The van der Waals surface area contributed by atoms with Gasteiger partial charge < -0.3 is 14.3 Å². The van der Waals surface area contributed by atoms with E-state index in [-0.39, 0.29) is 0 Å². The van der Waals surface area contributed by atoms with Crippen LogP contribution in [0.2, 0.25) is 0 Å². The van der Waals surface area contributed by atoms with Crippen molar-refractivity contribution >= 4 is 11.0 Å². The van der Waals surface area contributed by atoms with Crippen LogP contribution in [0.15, 0.2) is 28.7 Å². The van der Waals surface area contributed by atoms with Gasteiger partial charge in [0.25, 0.3) is 0 Å². The van der Waals surface area contributed by atoms with E-state index in [4.69, 9.17) is 9.15 Å². The number of ether oxygens (including phenoxy) is 1. The zero-order chi connectivity index (χ0) is 13.6. The number of rotatable bonds is 3. The number of benzene rings is 1. The van der Waals surface area contributed by atoms with Crippen LogP contribution in [0.5, 0.6) is 0 Å². The molecule has 0 bridgehead atoms. The Bertz CT molecular complexity index is 564. The number of hydrogen-bond acceptors (Lipinski definition) is 3. The summed E-state index contributed by atoms with van der Waals surface area (Å²) in [7, 11) is 1.59. The number of aryl methyl sites for hydroxylation is 1. The van der Waals surface area contributed by atoms with E-state index in [9.17, 15) is 5.11 Å². The maximum Gasteiger partial charge on any atom is 0.147 e. The van der Waals surface area contributed by atoms with E-state index in [1.165, 1.54) is 0 Å². The summed E-state index contributed by atoms with van der Waals surface area (Å²) in [5, 5.41) is 11.7. The van der Waals surface area contributed by atoms with E-state index in [0.717, 1.165) is 16.5 Å². The van der Waals surface area contributed by atoms with Gasteiger partial charge in [-0.05, 0) is 39.3 Å². The van der Waals surface area contributed by atoms with Gasteiger partial charge in [0.1, 0.15) is 16.9 Å². The maximum atomic E-state index is 10.7. The molecule has 0 saturated heterocycles. The Hall–Kier alpha value is -1.32. The Morgan fingerprint density at radius 3 is 2.44 bits per heavy atom. The monoisotopic (exact) mass is 248 g/mol. The van der Waals surface area contributed by atoms with Crippen LogP contribution in [0.3, 0.4) is 0 Å². The highest BCUT2D eigenvalue weighted by molar-refractivity contribution is 5.81. The molecule has 0 aliphatic carbocycles. The summed E-state index contributed by atoms with van der Waals surface area (Å²) in [5.41, 5.74) is -0.0356. The predicted octanol–water partition coefficient (Wildman–Crippen LogP) is 3.37. The lowest BCUT2D eigenvalue weighted by Gasteiger charge is -2.37. The summed E-state index contributed by atoms with van der Waals surface area (Å²) in [5.74, 6) is 0.527. The molecule has 3 heteroatoms. The highest BCUT2D eigenvalue weighted by Crippen LogP contribution is 2.38. The van der Waals surface area contributed by atoms with Crippen molar-refractivity contribution < 1.29 is 14.3 Å². The van der Waals surface area contributed by atoms with Gasteiger partial charge in [0.05, 0.1) is 5.60 Å². The molecule has 98 valence electrons. The number of hydrogen-bond donors (Lipinski definition) is 1. The second-order valence-electron chi connectivity index (χ2n) is 5.39. The van der Waals surface area contributed by atoms with E-state index < -0.39 is 11.2 Å². The molecule has 0 amide bonds. The van der Waals surface area contributed by atoms with Crippen LogP contribution in [-0.2, 0) is 10.3 Å². The van der Waals surface area contributed by atoms with Crippen molar-refractivity contribution in [1.82, 2.24) is 0 Å². The molecule has 2 aromatic rings. The van der Waals surface area contributed by atoms with E-state index in [1.807, 2.05) is 45.0 Å². The molecule has 0 saturated carbocycles. The van der Waals surface area contributed by atoms with E-state index in [1.54, 1.807) is 14.0 Å². The molecule has 1 atom stereocenters. The lowest BCUT2D eigenvalue weighted by molar-refractivity contribution is -0.154. The van der Waals surface area contributed by atoms with E-state index >= 15 is 0 Å². The highest BCUT2D eigenvalue weighted by atomic mass is 16.5. The van der Waals surface area contributed by atoms with Gasteiger partial charge in [0.15, 0.2) is 0 Å². The molecule has 0 aliphatic heterocycles. The van der Waals surface area contributed by atoms with Crippen LogP contribution >= 0.6 is 0 Å². The normalized spacial score (nSPS) is 15.9. The average Bonchev–Trinajstić information content (AvgIpc) is 2.74. The van der Waals surface area contributed by atoms with Gasteiger partial charge in [-0.1, -0.05) is 18.2 Å². The minimum absolute atomic E-state index is 0.527. The zero-order valence-electron chi connectivity index (χ0n) is 11.6. The fourth-order valence-electron chi connectivity index (χ4n) is 1.94. The molecule has 0 radical (unpaired) electrons. The van der Waals surface area contributed by atoms with E-state index in [2.05, 4.69) is 0 Å². The molecule has 3 nitrogen and oxygen atoms in total. The second kappa shape index (κ2) is 4.11. The quantitative estimate of drug-likeness (QED) is 0.905.